The lowest BCUT2D eigenvalue weighted by atomic mass is 9.89. The number of rotatable bonds is 2. The normalized spacial score (nSPS) is 23.6. The highest BCUT2D eigenvalue weighted by Crippen LogP contribution is 2.39. The van der Waals surface area contributed by atoms with Crippen LogP contribution < -0.4 is 5.73 Å². The highest BCUT2D eigenvalue weighted by Gasteiger charge is 2.35. The third-order valence-electron chi connectivity index (χ3n) is 4.91. The fourth-order valence-electron chi connectivity index (χ4n) is 3.67. The summed E-state index contributed by atoms with van der Waals surface area (Å²) in [6, 6.07) is 0. The minimum absolute atomic E-state index is 0.213. The molecule has 0 amide bonds. The molecular weight excluding hydrogens is 270 g/mol. The smallest absolute Gasteiger partial charge is 0.234 e. The van der Waals surface area contributed by atoms with Crippen LogP contribution in [0.25, 0.3) is 4.96 Å². The maximum atomic E-state index is 6.52. The average Bonchev–Trinajstić information content (AvgIpc) is 3.14. The molecule has 2 N–H and O–H groups in total. The van der Waals surface area contributed by atoms with Crippen LogP contribution in [0, 0.1) is 0 Å². The Labute approximate surface area is 122 Å². The van der Waals surface area contributed by atoms with Crippen molar-refractivity contribution >= 4 is 16.3 Å². The van der Waals surface area contributed by atoms with Crippen molar-refractivity contribution in [2.24, 2.45) is 5.73 Å². The van der Waals surface area contributed by atoms with Crippen LogP contribution in [0.4, 0.5) is 0 Å². The van der Waals surface area contributed by atoms with E-state index >= 15 is 0 Å². The quantitative estimate of drug-likeness (QED) is 0.923. The van der Waals surface area contributed by atoms with E-state index in [1.165, 1.54) is 44.9 Å². The summed E-state index contributed by atoms with van der Waals surface area (Å²) in [6.45, 7) is 0. The van der Waals surface area contributed by atoms with Crippen molar-refractivity contribution in [1.29, 1.82) is 0 Å². The molecular formula is C14H21N5S. The van der Waals surface area contributed by atoms with E-state index in [1.807, 2.05) is 4.52 Å². The monoisotopic (exact) mass is 291 g/mol. The molecule has 2 aliphatic rings. The van der Waals surface area contributed by atoms with Gasteiger partial charge in [-0.1, -0.05) is 43.4 Å². The molecule has 108 valence electrons. The number of nitrogens with zero attached hydrogens (tertiary/aromatic N) is 4. The minimum Gasteiger partial charge on any atom is -0.319 e. The van der Waals surface area contributed by atoms with E-state index in [2.05, 4.69) is 10.2 Å². The molecule has 2 saturated carbocycles. The van der Waals surface area contributed by atoms with Crippen LogP contribution >= 0.6 is 11.3 Å². The van der Waals surface area contributed by atoms with Gasteiger partial charge in [0.2, 0.25) is 4.96 Å². The molecule has 0 atom stereocenters. The summed E-state index contributed by atoms with van der Waals surface area (Å²) in [5.74, 6) is 1.59. The van der Waals surface area contributed by atoms with Crippen molar-refractivity contribution in [2.45, 2.75) is 69.2 Å². The lowest BCUT2D eigenvalue weighted by Gasteiger charge is -2.20. The fourth-order valence-corrected chi connectivity index (χ4v) is 4.67. The van der Waals surface area contributed by atoms with Crippen molar-refractivity contribution in [3.05, 3.63) is 10.8 Å². The van der Waals surface area contributed by atoms with E-state index in [0.29, 0.717) is 5.92 Å². The lowest BCUT2D eigenvalue weighted by molar-refractivity contribution is 0.418. The summed E-state index contributed by atoms with van der Waals surface area (Å²) in [5.41, 5.74) is 6.31. The highest BCUT2D eigenvalue weighted by molar-refractivity contribution is 7.16. The Morgan fingerprint density at radius 2 is 1.80 bits per heavy atom. The first-order valence-corrected chi connectivity index (χ1v) is 8.59. The molecule has 5 nitrogen and oxygen atoms in total. The average molecular weight is 291 g/mol. The Balaban J connectivity index is 1.71. The van der Waals surface area contributed by atoms with Crippen LogP contribution in [-0.4, -0.2) is 19.8 Å². The van der Waals surface area contributed by atoms with Crippen molar-refractivity contribution in [1.82, 2.24) is 19.8 Å². The van der Waals surface area contributed by atoms with Crippen LogP contribution in [0.3, 0.4) is 0 Å². The largest absolute Gasteiger partial charge is 0.319 e. The zero-order valence-corrected chi connectivity index (χ0v) is 12.5. The van der Waals surface area contributed by atoms with Gasteiger partial charge in [0, 0.05) is 5.92 Å². The van der Waals surface area contributed by atoms with Gasteiger partial charge in [-0.15, -0.1) is 10.2 Å². The number of nitrogens with two attached hydrogens (primary N) is 1. The number of fused-ring (bicyclic) bond motifs is 1. The molecule has 6 heteroatoms. The van der Waals surface area contributed by atoms with Crippen molar-refractivity contribution in [2.75, 3.05) is 0 Å². The van der Waals surface area contributed by atoms with Gasteiger partial charge in [0.1, 0.15) is 5.01 Å². The van der Waals surface area contributed by atoms with Crippen LogP contribution in [0.15, 0.2) is 0 Å². The molecule has 0 aliphatic heterocycles. The third kappa shape index (κ3) is 1.97. The summed E-state index contributed by atoms with van der Waals surface area (Å²) >= 11 is 1.63. The maximum Gasteiger partial charge on any atom is 0.234 e. The fraction of sp³-hybridized carbons (Fsp3) is 0.786. The summed E-state index contributed by atoms with van der Waals surface area (Å²) in [5, 5.41) is 14.6. The topological polar surface area (TPSA) is 69.1 Å². The molecule has 0 aromatic carbocycles. The van der Waals surface area contributed by atoms with Crippen molar-refractivity contribution in [3.63, 3.8) is 0 Å². The zero-order valence-electron chi connectivity index (χ0n) is 11.7. The van der Waals surface area contributed by atoms with Gasteiger partial charge in [0.15, 0.2) is 5.82 Å². The van der Waals surface area contributed by atoms with E-state index in [1.54, 1.807) is 11.3 Å². The van der Waals surface area contributed by atoms with Gasteiger partial charge >= 0.3 is 0 Å². The van der Waals surface area contributed by atoms with Gasteiger partial charge < -0.3 is 5.73 Å². The van der Waals surface area contributed by atoms with Crippen LogP contribution in [0.1, 0.15) is 74.5 Å². The Hall–Kier alpha value is -1.01. The molecule has 0 unspecified atom stereocenters. The molecule has 0 radical (unpaired) electrons. The molecule has 2 aliphatic carbocycles. The van der Waals surface area contributed by atoms with E-state index in [9.17, 15) is 0 Å². The van der Waals surface area contributed by atoms with Gasteiger partial charge in [0.25, 0.3) is 0 Å². The van der Waals surface area contributed by atoms with Gasteiger partial charge in [-0.3, -0.25) is 0 Å². The van der Waals surface area contributed by atoms with Gasteiger partial charge in [-0.05, 0) is 25.7 Å². The van der Waals surface area contributed by atoms with Crippen molar-refractivity contribution in [3.8, 4) is 0 Å². The Morgan fingerprint density at radius 1 is 1.05 bits per heavy atom. The number of hydrogen-bond acceptors (Lipinski definition) is 5. The summed E-state index contributed by atoms with van der Waals surface area (Å²) in [4.78, 5) is 0.914. The van der Waals surface area contributed by atoms with E-state index in [-0.39, 0.29) is 5.54 Å². The second-order valence-corrected chi connectivity index (χ2v) is 7.31. The SMILES string of the molecule is NC1(c2nn3c(C4CCCCC4)nnc3s2)CCCC1. The van der Waals surface area contributed by atoms with Crippen LogP contribution in [-0.2, 0) is 5.54 Å². The van der Waals surface area contributed by atoms with Crippen molar-refractivity contribution < 1.29 is 0 Å². The molecule has 2 aromatic rings. The van der Waals surface area contributed by atoms with E-state index < -0.39 is 0 Å². The molecule has 20 heavy (non-hydrogen) atoms. The zero-order chi connectivity index (χ0) is 13.6. The Morgan fingerprint density at radius 3 is 2.55 bits per heavy atom. The molecule has 2 aromatic heterocycles. The molecule has 0 spiro atoms. The number of aromatic nitrogens is 4. The van der Waals surface area contributed by atoms with Crippen LogP contribution in [0.2, 0.25) is 0 Å². The first-order valence-electron chi connectivity index (χ1n) is 7.78. The van der Waals surface area contributed by atoms with Gasteiger partial charge in [-0.2, -0.15) is 9.61 Å². The second kappa shape index (κ2) is 4.77. The summed E-state index contributed by atoms with van der Waals surface area (Å²) in [6.07, 6.45) is 10.9. The Kier molecular flexibility index (Phi) is 3.03. The molecule has 0 saturated heterocycles. The molecule has 4 rings (SSSR count). The third-order valence-corrected chi connectivity index (χ3v) is 6.03. The molecule has 0 bridgehead atoms. The predicted octanol–water partition coefficient (Wildman–Crippen LogP) is 2.96. The van der Waals surface area contributed by atoms with Gasteiger partial charge in [-0.25, -0.2) is 0 Å². The second-order valence-electron chi connectivity index (χ2n) is 6.36. The maximum absolute atomic E-state index is 6.52. The standard InChI is InChI=1S/C14H21N5S/c15-14(8-4-5-9-14)12-18-19-11(16-17-13(19)20-12)10-6-2-1-3-7-10/h10H,1-9,15H2. The molecule has 2 fully saturated rings. The summed E-state index contributed by atoms with van der Waals surface area (Å²) in [7, 11) is 0. The lowest BCUT2D eigenvalue weighted by Crippen LogP contribution is -2.33. The minimum atomic E-state index is -0.213. The molecule has 2 heterocycles. The Bertz CT molecular complexity index is 604. The van der Waals surface area contributed by atoms with Gasteiger partial charge in [0.05, 0.1) is 5.54 Å². The van der Waals surface area contributed by atoms with E-state index in [0.717, 1.165) is 28.6 Å². The predicted molar refractivity (Wildman–Crippen MR) is 78.8 cm³/mol. The summed E-state index contributed by atoms with van der Waals surface area (Å²) < 4.78 is 1.98. The highest BCUT2D eigenvalue weighted by atomic mass is 32.1. The van der Waals surface area contributed by atoms with Crippen LogP contribution in [0.5, 0.6) is 0 Å². The van der Waals surface area contributed by atoms with E-state index in [4.69, 9.17) is 10.8 Å². The number of hydrogen-bond donors (Lipinski definition) is 1. The first kappa shape index (κ1) is 12.7. The first-order chi connectivity index (χ1) is 9.76.